The number of hydrogen-bond acceptors (Lipinski definition) is 0. The van der Waals surface area contributed by atoms with Gasteiger partial charge >= 0.3 is 34.5 Å². The van der Waals surface area contributed by atoms with Crippen LogP contribution in [0.4, 0.5) is 0 Å². The Kier molecular flexibility index (Phi) is 28.2. The van der Waals surface area contributed by atoms with E-state index in [0.29, 0.717) is 0 Å². The Morgan fingerprint density at radius 3 is 1.67 bits per heavy atom. The molecule has 0 atom stereocenters. The summed E-state index contributed by atoms with van der Waals surface area (Å²) in [7, 11) is 9.71. The quantitative estimate of drug-likeness (QED) is 0.428. The van der Waals surface area contributed by atoms with E-state index in [9.17, 15) is 0 Å². The molecule has 3 heteroatoms. The van der Waals surface area contributed by atoms with E-state index in [2.05, 4.69) is 13.5 Å². The maximum atomic E-state index is 4.85. The van der Waals surface area contributed by atoms with E-state index >= 15 is 0 Å². The van der Waals surface area contributed by atoms with Crippen LogP contribution in [-0.4, -0.2) is 0 Å². The standard InChI is InChI=1S/C3H5.2ClH.Ru/c1-3-2;;;/h3H,1-2H2;2*1H;/q-1;;;+2/p-2. The van der Waals surface area contributed by atoms with Crippen molar-refractivity contribution in [1.82, 2.24) is 0 Å². The fourth-order valence-electron chi connectivity index (χ4n) is 0. The normalized spacial score (nSPS) is 5.67. The van der Waals surface area contributed by atoms with E-state index < -0.39 is 0 Å². The van der Waals surface area contributed by atoms with E-state index in [4.69, 9.17) is 19.4 Å². The summed E-state index contributed by atoms with van der Waals surface area (Å²) in [5.74, 6) is 0. The summed E-state index contributed by atoms with van der Waals surface area (Å²) in [6.07, 6.45) is 1.50. The first-order valence-corrected chi connectivity index (χ1v) is 5.56. The Labute approximate surface area is 54.2 Å². The Balaban J connectivity index is 0. The van der Waals surface area contributed by atoms with E-state index in [0.717, 1.165) is 0 Å². The van der Waals surface area contributed by atoms with Gasteiger partial charge in [0.25, 0.3) is 0 Å². The van der Waals surface area contributed by atoms with Gasteiger partial charge in [0, 0.05) is 0 Å². The second-order valence-electron chi connectivity index (χ2n) is 0.339. The molecule has 0 saturated heterocycles. The summed E-state index contributed by atoms with van der Waals surface area (Å²) in [6, 6.07) is 0. The van der Waals surface area contributed by atoms with Gasteiger partial charge in [-0.3, -0.25) is 0 Å². The first kappa shape index (κ1) is 9.94. The minimum absolute atomic E-state index is 0.346. The molecule has 0 aliphatic carbocycles. The number of hydrogen-bond donors (Lipinski definition) is 0. The van der Waals surface area contributed by atoms with Crippen LogP contribution in [0.15, 0.2) is 12.7 Å². The molecule has 0 aromatic carbocycles. The molecule has 0 radical (unpaired) electrons. The third-order valence-electron chi connectivity index (χ3n) is 0. The van der Waals surface area contributed by atoms with E-state index in [1.54, 1.807) is 0 Å². The summed E-state index contributed by atoms with van der Waals surface area (Å²) in [5, 5.41) is 0. The SMILES string of the molecule is C=C[CH2-].[Cl][Ru][Cl]. The van der Waals surface area contributed by atoms with Gasteiger partial charge in [0.1, 0.15) is 0 Å². The number of rotatable bonds is 0. The van der Waals surface area contributed by atoms with Crippen LogP contribution in [0.5, 0.6) is 0 Å². The monoisotopic (exact) mass is 213 g/mol. The van der Waals surface area contributed by atoms with Crippen molar-refractivity contribution >= 4 is 19.4 Å². The predicted octanol–water partition coefficient (Wildman–Crippen LogP) is 2.38. The van der Waals surface area contributed by atoms with Crippen molar-refractivity contribution in [3.63, 3.8) is 0 Å². The number of halogens is 2. The number of allylic oxidation sites excluding steroid dienone is 1. The second kappa shape index (κ2) is 17.0. The van der Waals surface area contributed by atoms with Crippen molar-refractivity contribution in [3.05, 3.63) is 19.6 Å². The molecule has 0 saturated carbocycles. The van der Waals surface area contributed by atoms with E-state index in [-0.39, 0.29) is 15.1 Å². The summed E-state index contributed by atoms with van der Waals surface area (Å²) in [6.45, 7) is 6.50. The molecule has 0 aliphatic rings. The molecular weight excluding hydrogens is 208 g/mol. The van der Waals surface area contributed by atoms with Gasteiger partial charge in [-0.2, -0.15) is 0 Å². The molecule has 0 N–H and O–H groups in total. The second-order valence-corrected chi connectivity index (χ2v) is 2.98. The van der Waals surface area contributed by atoms with Gasteiger partial charge in [0.15, 0.2) is 0 Å². The van der Waals surface area contributed by atoms with Crippen molar-refractivity contribution in [3.8, 4) is 0 Å². The Bertz CT molecular complexity index is 22.8. The summed E-state index contributed by atoms with van der Waals surface area (Å²) in [5.41, 5.74) is 0. The van der Waals surface area contributed by atoms with Crippen LogP contribution in [0.25, 0.3) is 0 Å². The molecule has 0 aromatic heterocycles. The zero-order chi connectivity index (χ0) is 5.41. The van der Waals surface area contributed by atoms with Crippen LogP contribution < -0.4 is 0 Å². The van der Waals surface area contributed by atoms with Gasteiger partial charge in [-0.25, -0.2) is 19.6 Å². The molecule has 0 spiro atoms. The topological polar surface area (TPSA) is 0 Å². The van der Waals surface area contributed by atoms with Gasteiger partial charge in [0.05, 0.1) is 0 Å². The van der Waals surface area contributed by atoms with E-state index in [1.165, 1.54) is 6.08 Å². The van der Waals surface area contributed by atoms with Crippen molar-refractivity contribution in [2.24, 2.45) is 0 Å². The average Bonchev–Trinajstić information content (AvgIpc) is 1.39. The fourth-order valence-corrected chi connectivity index (χ4v) is 0. The summed E-state index contributed by atoms with van der Waals surface area (Å²) < 4.78 is 0. The third-order valence-corrected chi connectivity index (χ3v) is 0. The fraction of sp³-hybridized carbons (Fsp3) is 0. The Morgan fingerprint density at radius 1 is 1.67 bits per heavy atom. The first-order chi connectivity index (χ1) is 2.83. The first-order valence-electron chi connectivity index (χ1n) is 1.08. The molecule has 0 aliphatic heterocycles. The molecule has 0 fully saturated rings. The van der Waals surface area contributed by atoms with Gasteiger partial charge < -0.3 is 0 Å². The molecule has 0 heterocycles. The molecule has 0 amide bonds. The maximum absolute atomic E-state index is 4.85. The van der Waals surface area contributed by atoms with Crippen LogP contribution >= 0.6 is 19.4 Å². The van der Waals surface area contributed by atoms with Crippen molar-refractivity contribution in [2.75, 3.05) is 0 Å². The third kappa shape index (κ3) is 106. The van der Waals surface area contributed by atoms with Crippen molar-refractivity contribution < 1.29 is 15.1 Å². The molecule has 0 unspecified atom stereocenters. The van der Waals surface area contributed by atoms with Gasteiger partial charge in [-0.05, 0) is 0 Å². The summed E-state index contributed by atoms with van der Waals surface area (Å²) >= 11 is -0.346. The molecule has 0 rings (SSSR count). The van der Waals surface area contributed by atoms with Crippen LogP contribution in [0.1, 0.15) is 0 Å². The Hall–Kier alpha value is 0.813. The minimum atomic E-state index is -0.346. The predicted molar refractivity (Wildman–Crippen MR) is 27.3 cm³/mol. The molecule has 0 bridgehead atoms. The molecule has 0 aromatic rings. The molecular formula is C3H5Cl2Ru-. The molecule has 0 nitrogen and oxygen atoms in total. The van der Waals surface area contributed by atoms with Crippen LogP contribution in [0, 0.1) is 6.92 Å². The Morgan fingerprint density at radius 2 is 1.67 bits per heavy atom. The molecule has 6 heavy (non-hydrogen) atoms. The van der Waals surface area contributed by atoms with Gasteiger partial charge in [0.2, 0.25) is 0 Å². The van der Waals surface area contributed by atoms with Crippen LogP contribution in [0.2, 0.25) is 0 Å². The van der Waals surface area contributed by atoms with Crippen LogP contribution in [0.3, 0.4) is 0 Å². The van der Waals surface area contributed by atoms with Crippen molar-refractivity contribution in [2.45, 2.75) is 0 Å². The van der Waals surface area contributed by atoms with Gasteiger partial charge in [-0.15, -0.1) is 0 Å². The average molecular weight is 213 g/mol. The molecule has 40 valence electrons. The van der Waals surface area contributed by atoms with Crippen LogP contribution in [-0.2, 0) is 15.1 Å². The van der Waals surface area contributed by atoms with Gasteiger partial charge in [-0.1, -0.05) is 0 Å². The van der Waals surface area contributed by atoms with E-state index in [1.807, 2.05) is 0 Å². The zero-order valence-electron chi connectivity index (χ0n) is 3.10. The summed E-state index contributed by atoms with van der Waals surface area (Å²) in [4.78, 5) is 0. The zero-order valence-corrected chi connectivity index (χ0v) is 6.35. The van der Waals surface area contributed by atoms with Crippen molar-refractivity contribution in [1.29, 1.82) is 0 Å².